The number of anilines is 1. The summed E-state index contributed by atoms with van der Waals surface area (Å²) >= 11 is 0. The van der Waals surface area contributed by atoms with Crippen molar-refractivity contribution in [1.29, 1.82) is 0 Å². The molecule has 0 aliphatic rings. The van der Waals surface area contributed by atoms with Crippen molar-refractivity contribution in [2.45, 2.75) is 0 Å². The van der Waals surface area contributed by atoms with Gasteiger partial charge in [0.1, 0.15) is 5.52 Å². The number of hydrogen-bond acceptors (Lipinski definition) is 4. The number of carboxylic acid groups (broad SMARTS) is 1. The molecule has 110 valence electrons. The summed E-state index contributed by atoms with van der Waals surface area (Å²) in [5.74, 6) is -0.997. The highest BCUT2D eigenvalue weighted by atomic mass is 16.4. The second kappa shape index (κ2) is 5.44. The Morgan fingerprint density at radius 3 is 2.45 bits per heavy atom. The number of benzene rings is 2. The van der Waals surface area contributed by atoms with Gasteiger partial charge in [0.2, 0.25) is 0 Å². The van der Waals surface area contributed by atoms with Gasteiger partial charge < -0.3 is 10.0 Å². The van der Waals surface area contributed by atoms with Crippen LogP contribution in [-0.2, 0) is 0 Å². The van der Waals surface area contributed by atoms with Crippen LogP contribution in [0.15, 0.2) is 48.7 Å². The van der Waals surface area contributed by atoms with E-state index in [9.17, 15) is 9.90 Å². The molecule has 3 rings (SSSR count). The van der Waals surface area contributed by atoms with Gasteiger partial charge in [0, 0.05) is 25.3 Å². The average Bonchev–Trinajstić information content (AvgIpc) is 2.53. The molecule has 0 spiro atoms. The zero-order valence-electron chi connectivity index (χ0n) is 12.3. The van der Waals surface area contributed by atoms with E-state index in [4.69, 9.17) is 0 Å². The molecule has 0 amide bonds. The smallest absolute Gasteiger partial charge is 0.337 e. The third kappa shape index (κ3) is 2.48. The number of rotatable bonds is 3. The second-order valence-corrected chi connectivity index (χ2v) is 5.18. The first-order valence-electron chi connectivity index (χ1n) is 6.83. The fraction of sp³-hybridized carbons (Fsp3) is 0.118. The van der Waals surface area contributed by atoms with E-state index in [1.165, 1.54) is 6.07 Å². The van der Waals surface area contributed by atoms with Gasteiger partial charge in [0.15, 0.2) is 0 Å². The first-order valence-corrected chi connectivity index (χ1v) is 6.83. The maximum absolute atomic E-state index is 11.2. The number of aromatic carboxylic acids is 1. The number of aromatic nitrogens is 2. The van der Waals surface area contributed by atoms with Crippen molar-refractivity contribution in [3.05, 3.63) is 54.2 Å². The van der Waals surface area contributed by atoms with Gasteiger partial charge in [-0.05, 0) is 24.3 Å². The lowest BCUT2D eigenvalue weighted by Crippen LogP contribution is -2.08. The van der Waals surface area contributed by atoms with Crippen molar-refractivity contribution >= 4 is 22.7 Å². The minimum atomic E-state index is -0.997. The van der Waals surface area contributed by atoms with Gasteiger partial charge in [-0.15, -0.1) is 0 Å². The Hall–Kier alpha value is -2.95. The van der Waals surface area contributed by atoms with Crippen LogP contribution in [0.4, 0.5) is 5.69 Å². The van der Waals surface area contributed by atoms with Gasteiger partial charge in [-0.1, -0.05) is 18.2 Å². The lowest BCUT2D eigenvalue weighted by Gasteiger charge is -2.12. The molecule has 0 radical (unpaired) electrons. The second-order valence-electron chi connectivity index (χ2n) is 5.18. The first kappa shape index (κ1) is 14.0. The maximum atomic E-state index is 11.2. The van der Waals surface area contributed by atoms with Gasteiger partial charge in [0.25, 0.3) is 0 Å². The van der Waals surface area contributed by atoms with Crippen LogP contribution in [0, 0.1) is 0 Å². The number of nitrogens with zero attached hydrogens (tertiary/aromatic N) is 3. The molecule has 1 N–H and O–H groups in total. The fourth-order valence-corrected chi connectivity index (χ4v) is 2.28. The van der Waals surface area contributed by atoms with Gasteiger partial charge in [-0.2, -0.15) is 0 Å². The Labute approximate surface area is 127 Å². The van der Waals surface area contributed by atoms with Crippen molar-refractivity contribution in [1.82, 2.24) is 9.97 Å². The molecule has 0 aliphatic carbocycles. The molecule has 0 saturated heterocycles. The van der Waals surface area contributed by atoms with Crippen LogP contribution in [0.25, 0.3) is 22.3 Å². The lowest BCUT2D eigenvalue weighted by molar-refractivity contribution is 0.0699. The Morgan fingerprint density at radius 2 is 1.82 bits per heavy atom. The van der Waals surface area contributed by atoms with Crippen molar-refractivity contribution in [3.8, 4) is 11.3 Å². The third-order valence-corrected chi connectivity index (χ3v) is 3.48. The van der Waals surface area contributed by atoms with E-state index in [2.05, 4.69) is 9.97 Å². The van der Waals surface area contributed by atoms with E-state index in [-0.39, 0.29) is 5.56 Å². The van der Waals surface area contributed by atoms with Crippen LogP contribution in [-0.4, -0.2) is 35.1 Å². The van der Waals surface area contributed by atoms with Gasteiger partial charge in [-0.25, -0.2) is 9.78 Å². The van der Waals surface area contributed by atoms with Gasteiger partial charge in [-0.3, -0.25) is 4.98 Å². The van der Waals surface area contributed by atoms with Crippen LogP contribution in [0.5, 0.6) is 0 Å². The Morgan fingerprint density at radius 1 is 1.09 bits per heavy atom. The number of para-hydroxylation sites is 1. The highest BCUT2D eigenvalue weighted by Gasteiger charge is 2.11. The van der Waals surface area contributed by atoms with E-state index in [1.807, 2.05) is 43.3 Å². The van der Waals surface area contributed by atoms with E-state index in [0.717, 1.165) is 16.9 Å². The Bertz CT molecular complexity index is 842. The standard InChI is InChI=1S/C17H15N3O2/c1-20(2)12-8-6-11(7-9-12)15-10-18-16-13(17(21)22)4-3-5-14(16)19-15/h3-10H,1-2H3,(H,21,22). The SMILES string of the molecule is CN(C)c1ccc(-c2cnc3c(C(=O)O)cccc3n2)cc1. The summed E-state index contributed by atoms with van der Waals surface area (Å²) < 4.78 is 0. The van der Waals surface area contributed by atoms with Crippen molar-refractivity contribution < 1.29 is 9.90 Å². The van der Waals surface area contributed by atoms with Crippen molar-refractivity contribution in [3.63, 3.8) is 0 Å². The monoisotopic (exact) mass is 293 g/mol. The summed E-state index contributed by atoms with van der Waals surface area (Å²) in [5.41, 5.74) is 3.92. The fourth-order valence-electron chi connectivity index (χ4n) is 2.28. The third-order valence-electron chi connectivity index (χ3n) is 3.48. The molecule has 1 heterocycles. The summed E-state index contributed by atoms with van der Waals surface area (Å²) in [7, 11) is 3.97. The average molecular weight is 293 g/mol. The quantitative estimate of drug-likeness (QED) is 0.804. The van der Waals surface area contributed by atoms with Crippen LogP contribution in [0.2, 0.25) is 0 Å². The number of hydrogen-bond donors (Lipinski definition) is 1. The molecule has 0 unspecified atom stereocenters. The molecule has 3 aromatic rings. The van der Waals surface area contributed by atoms with E-state index >= 15 is 0 Å². The predicted octanol–water partition coefficient (Wildman–Crippen LogP) is 3.06. The maximum Gasteiger partial charge on any atom is 0.337 e. The molecule has 22 heavy (non-hydrogen) atoms. The number of fused-ring (bicyclic) bond motifs is 1. The first-order chi connectivity index (χ1) is 10.6. The topological polar surface area (TPSA) is 66.3 Å². The van der Waals surface area contributed by atoms with Crippen molar-refractivity contribution in [2.24, 2.45) is 0 Å². The molecule has 0 saturated carbocycles. The largest absolute Gasteiger partial charge is 0.478 e. The Kier molecular flexibility index (Phi) is 3.47. The highest BCUT2D eigenvalue weighted by Crippen LogP contribution is 2.23. The molecule has 5 heteroatoms. The molecule has 0 aliphatic heterocycles. The van der Waals surface area contributed by atoms with Crippen LogP contribution in [0.1, 0.15) is 10.4 Å². The van der Waals surface area contributed by atoms with Gasteiger partial charge in [0.05, 0.1) is 23.0 Å². The molecule has 2 aromatic carbocycles. The predicted molar refractivity (Wildman–Crippen MR) is 86.3 cm³/mol. The van der Waals surface area contributed by atoms with E-state index in [0.29, 0.717) is 11.0 Å². The molecule has 0 atom stereocenters. The summed E-state index contributed by atoms with van der Waals surface area (Å²) in [6.45, 7) is 0. The molecule has 0 fully saturated rings. The van der Waals surface area contributed by atoms with E-state index < -0.39 is 5.97 Å². The molecule has 0 bridgehead atoms. The normalized spacial score (nSPS) is 10.6. The molecular formula is C17H15N3O2. The summed E-state index contributed by atoms with van der Waals surface area (Å²) in [6, 6.07) is 13.0. The summed E-state index contributed by atoms with van der Waals surface area (Å²) in [6.07, 6.45) is 1.61. The van der Waals surface area contributed by atoms with Crippen LogP contribution >= 0.6 is 0 Å². The van der Waals surface area contributed by atoms with Crippen LogP contribution in [0.3, 0.4) is 0 Å². The Balaban J connectivity index is 2.07. The summed E-state index contributed by atoms with van der Waals surface area (Å²) in [4.78, 5) is 22.0. The zero-order chi connectivity index (χ0) is 15.7. The number of carboxylic acids is 1. The zero-order valence-corrected chi connectivity index (χ0v) is 12.3. The highest BCUT2D eigenvalue weighted by molar-refractivity contribution is 6.00. The minimum absolute atomic E-state index is 0.166. The van der Waals surface area contributed by atoms with Gasteiger partial charge >= 0.3 is 5.97 Å². The molecular weight excluding hydrogens is 278 g/mol. The molecule has 1 aromatic heterocycles. The van der Waals surface area contributed by atoms with E-state index in [1.54, 1.807) is 18.3 Å². The van der Waals surface area contributed by atoms with Crippen LogP contribution < -0.4 is 4.90 Å². The molecule has 5 nitrogen and oxygen atoms in total. The minimum Gasteiger partial charge on any atom is -0.478 e. The lowest BCUT2D eigenvalue weighted by atomic mass is 10.1. The number of carbonyl (C=O) groups is 1. The van der Waals surface area contributed by atoms with Crippen molar-refractivity contribution in [2.75, 3.05) is 19.0 Å². The summed E-state index contributed by atoms with van der Waals surface area (Å²) in [5, 5.41) is 9.18.